The Morgan fingerprint density at radius 1 is 1.05 bits per heavy atom. The Kier molecular flexibility index (Phi) is 3.67. The third-order valence-corrected chi connectivity index (χ3v) is 5.73. The molecule has 20 heavy (non-hydrogen) atoms. The molecule has 2 aromatic carbocycles. The third kappa shape index (κ3) is 2.19. The second kappa shape index (κ2) is 5.46. The van der Waals surface area contributed by atoms with Crippen molar-refractivity contribution in [1.82, 2.24) is 0 Å². The maximum Gasteiger partial charge on any atom is 0.128 e. The maximum atomic E-state index is 5.55. The quantitative estimate of drug-likeness (QED) is 0.786. The topological polar surface area (TPSA) is 12.5 Å². The van der Waals surface area contributed by atoms with Crippen LogP contribution in [0.3, 0.4) is 0 Å². The lowest BCUT2D eigenvalue weighted by molar-refractivity contribution is 0.418. The number of benzene rings is 2. The van der Waals surface area contributed by atoms with Crippen LogP contribution in [-0.4, -0.2) is 12.9 Å². The Balaban J connectivity index is 2.12. The summed E-state index contributed by atoms with van der Waals surface area (Å²) in [7, 11) is 2.52. The molecule has 0 saturated heterocycles. The summed E-state index contributed by atoms with van der Waals surface area (Å²) in [6.45, 7) is 4.60. The Morgan fingerprint density at radius 3 is 2.45 bits per heavy atom. The van der Waals surface area contributed by atoms with E-state index in [9.17, 15) is 0 Å². The molecule has 1 aliphatic heterocycles. The summed E-state index contributed by atoms with van der Waals surface area (Å²) in [6, 6.07) is 17.0. The van der Waals surface area contributed by atoms with Gasteiger partial charge in [0.25, 0.3) is 0 Å². The molecule has 0 bridgehead atoms. The number of nitrogens with zero attached hydrogens (tertiary/aromatic N) is 1. The fourth-order valence-electron chi connectivity index (χ4n) is 2.75. The Labute approximate surface area is 122 Å². The van der Waals surface area contributed by atoms with Gasteiger partial charge in [-0.2, -0.15) is 0 Å². The van der Waals surface area contributed by atoms with Crippen LogP contribution in [0.5, 0.6) is 5.75 Å². The van der Waals surface area contributed by atoms with Gasteiger partial charge < -0.3 is 9.64 Å². The van der Waals surface area contributed by atoms with E-state index >= 15 is 0 Å². The zero-order chi connectivity index (χ0) is 14.1. The van der Waals surface area contributed by atoms with Gasteiger partial charge in [0.05, 0.1) is 18.6 Å². The SMILES string of the molecule is COc1cccc2c1P[C@@H](C(C)C)N2c1ccccc1. The summed E-state index contributed by atoms with van der Waals surface area (Å²) in [5, 5.41) is 1.36. The van der Waals surface area contributed by atoms with Crippen molar-refractivity contribution < 1.29 is 4.74 Å². The lowest BCUT2D eigenvalue weighted by Gasteiger charge is -2.30. The van der Waals surface area contributed by atoms with E-state index in [0.717, 1.165) is 14.3 Å². The smallest absolute Gasteiger partial charge is 0.128 e. The molecular formula is C17H20NOP. The number of hydrogen-bond acceptors (Lipinski definition) is 2. The predicted molar refractivity (Wildman–Crippen MR) is 88.2 cm³/mol. The number of para-hydroxylation sites is 1. The molecule has 104 valence electrons. The van der Waals surface area contributed by atoms with E-state index in [1.807, 2.05) is 0 Å². The average Bonchev–Trinajstić information content (AvgIpc) is 2.87. The molecule has 0 aromatic heterocycles. The molecule has 0 amide bonds. The van der Waals surface area contributed by atoms with Crippen LogP contribution < -0.4 is 14.9 Å². The molecule has 0 N–H and O–H groups in total. The van der Waals surface area contributed by atoms with Gasteiger partial charge in [0.2, 0.25) is 0 Å². The van der Waals surface area contributed by atoms with Gasteiger partial charge in [-0.25, -0.2) is 0 Å². The van der Waals surface area contributed by atoms with Crippen molar-refractivity contribution >= 4 is 25.3 Å². The van der Waals surface area contributed by atoms with Crippen molar-refractivity contribution in [2.75, 3.05) is 12.0 Å². The van der Waals surface area contributed by atoms with E-state index in [0.29, 0.717) is 11.7 Å². The minimum Gasteiger partial charge on any atom is -0.496 e. The average molecular weight is 285 g/mol. The van der Waals surface area contributed by atoms with Gasteiger partial charge in [0.1, 0.15) is 5.75 Å². The number of hydrogen-bond donors (Lipinski definition) is 0. The van der Waals surface area contributed by atoms with Crippen molar-refractivity contribution in [1.29, 1.82) is 0 Å². The second-order valence-corrected chi connectivity index (χ2v) is 6.77. The Bertz CT molecular complexity index is 597. The van der Waals surface area contributed by atoms with Gasteiger partial charge >= 0.3 is 0 Å². The molecule has 3 heteroatoms. The minimum absolute atomic E-state index is 0.517. The summed E-state index contributed by atoms with van der Waals surface area (Å²) in [4.78, 5) is 2.47. The number of fused-ring (bicyclic) bond motifs is 1. The van der Waals surface area contributed by atoms with Crippen LogP contribution in [0.25, 0.3) is 0 Å². The first-order valence-electron chi connectivity index (χ1n) is 7.00. The van der Waals surface area contributed by atoms with Crippen molar-refractivity contribution in [2.24, 2.45) is 5.92 Å². The van der Waals surface area contributed by atoms with Gasteiger partial charge in [0, 0.05) is 11.0 Å². The maximum absolute atomic E-state index is 5.55. The first-order chi connectivity index (χ1) is 9.72. The number of anilines is 2. The number of methoxy groups -OCH3 is 1. The van der Waals surface area contributed by atoms with Crippen molar-refractivity contribution in [3.8, 4) is 5.75 Å². The van der Waals surface area contributed by atoms with Gasteiger partial charge in [-0.05, 0) is 30.2 Å². The molecular weight excluding hydrogens is 265 g/mol. The number of rotatable bonds is 3. The molecule has 2 nitrogen and oxygen atoms in total. The summed E-state index contributed by atoms with van der Waals surface area (Å²) in [5.74, 6) is 2.14. The minimum atomic E-state index is 0.517. The highest BCUT2D eigenvalue weighted by Crippen LogP contribution is 2.47. The lowest BCUT2D eigenvalue weighted by Crippen LogP contribution is -2.28. The Morgan fingerprint density at radius 2 is 1.80 bits per heavy atom. The zero-order valence-electron chi connectivity index (χ0n) is 12.1. The Hall–Kier alpha value is -1.53. The van der Waals surface area contributed by atoms with E-state index in [-0.39, 0.29) is 0 Å². The van der Waals surface area contributed by atoms with Crippen molar-refractivity contribution in [2.45, 2.75) is 19.6 Å². The third-order valence-electron chi connectivity index (χ3n) is 3.72. The van der Waals surface area contributed by atoms with Crippen molar-refractivity contribution in [3.63, 3.8) is 0 Å². The summed E-state index contributed by atoms with van der Waals surface area (Å²) >= 11 is 0. The highest BCUT2D eigenvalue weighted by Gasteiger charge is 2.34. The highest BCUT2D eigenvalue weighted by atomic mass is 31.1. The largest absolute Gasteiger partial charge is 0.496 e. The van der Waals surface area contributed by atoms with E-state index in [2.05, 4.69) is 67.3 Å². The molecule has 1 heterocycles. The van der Waals surface area contributed by atoms with Gasteiger partial charge in [0.15, 0.2) is 0 Å². The number of ether oxygens (including phenoxy) is 1. The van der Waals surface area contributed by atoms with Crippen LogP contribution in [0.2, 0.25) is 0 Å². The first kappa shape index (κ1) is 13.5. The predicted octanol–water partition coefficient (Wildman–Crippen LogP) is 4.13. The van der Waals surface area contributed by atoms with Gasteiger partial charge in [-0.15, -0.1) is 0 Å². The van der Waals surface area contributed by atoms with E-state index in [4.69, 9.17) is 4.74 Å². The fraction of sp³-hybridized carbons (Fsp3) is 0.294. The van der Waals surface area contributed by atoms with Crippen LogP contribution in [0.1, 0.15) is 13.8 Å². The molecule has 0 radical (unpaired) electrons. The first-order valence-corrected chi connectivity index (χ1v) is 8.08. The van der Waals surface area contributed by atoms with Crippen LogP contribution >= 0.6 is 8.58 Å². The lowest BCUT2D eigenvalue weighted by atomic mass is 10.1. The molecule has 0 aliphatic carbocycles. The second-order valence-electron chi connectivity index (χ2n) is 5.39. The van der Waals surface area contributed by atoms with E-state index in [1.165, 1.54) is 16.7 Å². The summed E-state index contributed by atoms with van der Waals surface area (Å²) in [6.07, 6.45) is 0. The van der Waals surface area contributed by atoms with Crippen molar-refractivity contribution in [3.05, 3.63) is 48.5 Å². The van der Waals surface area contributed by atoms with Crippen LogP contribution in [-0.2, 0) is 0 Å². The standard InChI is InChI=1S/C17H20NOP/c1-12(2)17-18(13-8-5-4-6-9-13)14-10-7-11-15(19-3)16(14)20-17/h4-12,17,20H,1-3H3/t17-/m0/s1. The van der Waals surface area contributed by atoms with Crippen LogP contribution in [0.4, 0.5) is 11.4 Å². The van der Waals surface area contributed by atoms with Gasteiger partial charge in [-0.3, -0.25) is 0 Å². The molecule has 1 unspecified atom stereocenters. The summed E-state index contributed by atoms with van der Waals surface area (Å²) < 4.78 is 5.55. The molecule has 0 spiro atoms. The van der Waals surface area contributed by atoms with E-state index in [1.54, 1.807) is 7.11 Å². The summed E-state index contributed by atoms with van der Waals surface area (Å²) in [5.41, 5.74) is 2.57. The molecule has 1 aliphatic rings. The van der Waals surface area contributed by atoms with E-state index < -0.39 is 0 Å². The highest BCUT2D eigenvalue weighted by molar-refractivity contribution is 7.49. The molecule has 0 fully saturated rings. The normalized spacial score (nSPS) is 18.6. The van der Waals surface area contributed by atoms with Crippen LogP contribution in [0, 0.1) is 5.92 Å². The molecule has 0 saturated carbocycles. The molecule has 2 aromatic rings. The van der Waals surface area contributed by atoms with Crippen LogP contribution in [0.15, 0.2) is 48.5 Å². The molecule has 3 rings (SSSR count). The molecule has 2 atom stereocenters. The fourth-order valence-corrected chi connectivity index (χ4v) is 4.48. The zero-order valence-corrected chi connectivity index (χ0v) is 13.1. The monoisotopic (exact) mass is 285 g/mol. The van der Waals surface area contributed by atoms with Gasteiger partial charge in [-0.1, -0.05) is 46.7 Å².